The lowest BCUT2D eigenvalue weighted by Gasteiger charge is -2.26. The molecule has 0 radical (unpaired) electrons. The highest BCUT2D eigenvalue weighted by atomic mass is 32.2. The van der Waals surface area contributed by atoms with Crippen LogP contribution in [0, 0.1) is 5.82 Å². The molecular formula is C19H21FN2O7S. The molecule has 1 fully saturated rings. The summed E-state index contributed by atoms with van der Waals surface area (Å²) in [5.41, 5.74) is 1.29. The quantitative estimate of drug-likeness (QED) is 0.458. The molecule has 1 aliphatic heterocycles. The Kier molecular flexibility index (Phi) is 6.54. The van der Waals surface area contributed by atoms with Gasteiger partial charge in [0.15, 0.2) is 9.84 Å². The van der Waals surface area contributed by atoms with E-state index in [9.17, 15) is 22.4 Å². The van der Waals surface area contributed by atoms with Gasteiger partial charge in [0, 0.05) is 30.6 Å². The van der Waals surface area contributed by atoms with E-state index in [0.717, 1.165) is 23.1 Å². The molecule has 1 aliphatic rings. The number of hydroxylamine groups is 1. The minimum atomic E-state index is -3.83. The van der Waals surface area contributed by atoms with Crippen molar-refractivity contribution in [3.05, 3.63) is 52.7 Å². The summed E-state index contributed by atoms with van der Waals surface area (Å²) in [7, 11) is -3.83. The van der Waals surface area contributed by atoms with Crippen LogP contribution in [0.2, 0.25) is 0 Å². The van der Waals surface area contributed by atoms with E-state index in [0.29, 0.717) is 24.5 Å². The van der Waals surface area contributed by atoms with Crippen molar-refractivity contribution in [2.75, 3.05) is 19.5 Å². The predicted molar refractivity (Wildman–Crippen MR) is 105 cm³/mol. The number of ether oxygens (including phenoxy) is 2. The number of carbonyl (C=O) groups is 1. The number of amides is 1. The first-order chi connectivity index (χ1) is 14.2. The lowest BCUT2D eigenvalue weighted by Crippen LogP contribution is -2.39. The highest BCUT2D eigenvalue weighted by molar-refractivity contribution is 7.92. The SMILES string of the molecule is CS(=O)(=O)[C@H](CCn1cc(F)c(-c2ccc(OC3COC3)cc2)cc1=O)C(=O)NO. The third kappa shape index (κ3) is 5.04. The zero-order valence-corrected chi connectivity index (χ0v) is 16.9. The van der Waals surface area contributed by atoms with Gasteiger partial charge in [-0.1, -0.05) is 12.1 Å². The summed E-state index contributed by atoms with van der Waals surface area (Å²) in [4.78, 5) is 24.0. The fourth-order valence-electron chi connectivity index (χ4n) is 3.00. The molecule has 2 aromatic rings. The first-order valence-corrected chi connectivity index (χ1v) is 11.0. The molecule has 2 heterocycles. The van der Waals surface area contributed by atoms with Crippen molar-refractivity contribution in [1.82, 2.24) is 10.0 Å². The number of halogens is 1. The molecule has 11 heteroatoms. The van der Waals surface area contributed by atoms with Crippen molar-refractivity contribution < 1.29 is 32.3 Å². The Morgan fingerprint density at radius 3 is 2.57 bits per heavy atom. The standard InChI is InChI=1S/C19H21FN2O7S/c1-30(26,27)17(19(24)21-25)6-7-22-9-16(20)15(8-18(22)23)12-2-4-13(5-3-12)29-14-10-28-11-14/h2-5,8-9,14,17,25H,6-7,10-11H2,1H3,(H,21,24)/t17-/m1/s1. The van der Waals surface area contributed by atoms with Gasteiger partial charge in [-0.25, -0.2) is 18.3 Å². The highest BCUT2D eigenvalue weighted by Gasteiger charge is 2.28. The molecule has 1 amide bonds. The van der Waals surface area contributed by atoms with Gasteiger partial charge >= 0.3 is 0 Å². The van der Waals surface area contributed by atoms with Gasteiger partial charge in [0.2, 0.25) is 0 Å². The van der Waals surface area contributed by atoms with Crippen LogP contribution in [-0.2, 0) is 25.9 Å². The van der Waals surface area contributed by atoms with Crippen LogP contribution in [0.4, 0.5) is 4.39 Å². The first-order valence-electron chi connectivity index (χ1n) is 9.06. The predicted octanol–water partition coefficient (Wildman–Crippen LogP) is 0.741. The average Bonchev–Trinajstić information content (AvgIpc) is 2.66. The van der Waals surface area contributed by atoms with Crippen molar-refractivity contribution in [1.29, 1.82) is 0 Å². The number of benzene rings is 1. The van der Waals surface area contributed by atoms with Crippen molar-refractivity contribution >= 4 is 15.7 Å². The Morgan fingerprint density at radius 2 is 2.03 bits per heavy atom. The van der Waals surface area contributed by atoms with Crippen LogP contribution in [-0.4, -0.2) is 54.9 Å². The summed E-state index contributed by atoms with van der Waals surface area (Å²) in [5, 5.41) is 7.14. The molecule has 9 nitrogen and oxygen atoms in total. The molecule has 0 aliphatic carbocycles. The smallest absolute Gasteiger partial charge is 0.261 e. The minimum Gasteiger partial charge on any atom is -0.486 e. The second-order valence-corrected chi connectivity index (χ2v) is 9.18. The summed E-state index contributed by atoms with van der Waals surface area (Å²) < 4.78 is 49.7. The molecule has 1 saturated heterocycles. The van der Waals surface area contributed by atoms with Crippen molar-refractivity contribution in [2.45, 2.75) is 24.3 Å². The number of hydrogen-bond donors (Lipinski definition) is 2. The van der Waals surface area contributed by atoms with E-state index in [1.54, 1.807) is 24.3 Å². The summed E-state index contributed by atoms with van der Waals surface area (Å²) in [6.07, 6.45) is 1.50. The van der Waals surface area contributed by atoms with E-state index in [1.165, 1.54) is 5.48 Å². The van der Waals surface area contributed by atoms with E-state index in [4.69, 9.17) is 14.7 Å². The Morgan fingerprint density at radius 1 is 1.37 bits per heavy atom. The van der Waals surface area contributed by atoms with Gasteiger partial charge in [0.1, 0.15) is 22.9 Å². The highest BCUT2D eigenvalue weighted by Crippen LogP contribution is 2.25. The topological polar surface area (TPSA) is 124 Å². The maximum absolute atomic E-state index is 14.6. The van der Waals surface area contributed by atoms with E-state index >= 15 is 0 Å². The normalized spacial score (nSPS) is 15.3. The molecule has 0 unspecified atom stereocenters. The molecular weight excluding hydrogens is 419 g/mol. The van der Waals surface area contributed by atoms with Crippen LogP contribution < -0.4 is 15.8 Å². The Balaban J connectivity index is 1.76. The zero-order chi connectivity index (χ0) is 21.9. The number of aromatic nitrogens is 1. The molecule has 1 aromatic carbocycles. The van der Waals surface area contributed by atoms with Crippen molar-refractivity contribution in [3.8, 4) is 16.9 Å². The molecule has 1 atom stereocenters. The fraction of sp³-hybridized carbons (Fsp3) is 0.368. The van der Waals surface area contributed by atoms with Crippen molar-refractivity contribution in [3.63, 3.8) is 0 Å². The third-order valence-corrected chi connectivity index (χ3v) is 6.19. The number of pyridine rings is 1. The molecule has 162 valence electrons. The lowest BCUT2D eigenvalue weighted by atomic mass is 10.1. The van der Waals surface area contributed by atoms with Gasteiger partial charge in [-0.2, -0.15) is 0 Å². The maximum Gasteiger partial charge on any atom is 0.261 e. The Labute approximate surface area is 171 Å². The summed E-state index contributed by atoms with van der Waals surface area (Å²) in [5.74, 6) is -1.19. The average molecular weight is 440 g/mol. The molecule has 1 aromatic heterocycles. The van der Waals surface area contributed by atoms with E-state index < -0.39 is 32.4 Å². The van der Waals surface area contributed by atoms with Gasteiger partial charge < -0.3 is 14.0 Å². The maximum atomic E-state index is 14.6. The number of rotatable bonds is 8. The zero-order valence-electron chi connectivity index (χ0n) is 16.1. The van der Waals surface area contributed by atoms with Crippen molar-refractivity contribution in [2.24, 2.45) is 0 Å². The van der Waals surface area contributed by atoms with Crippen LogP contribution in [0.25, 0.3) is 11.1 Å². The fourth-order valence-corrected chi connectivity index (χ4v) is 3.97. The Hall–Kier alpha value is -2.76. The minimum absolute atomic E-state index is 0.000176. The number of nitrogens with one attached hydrogen (secondary N) is 1. The van der Waals surface area contributed by atoms with Gasteiger partial charge in [0.05, 0.1) is 13.2 Å². The summed E-state index contributed by atoms with van der Waals surface area (Å²) >= 11 is 0. The van der Waals surface area contributed by atoms with Crippen LogP contribution in [0.5, 0.6) is 5.75 Å². The van der Waals surface area contributed by atoms with E-state index in [1.807, 2.05) is 0 Å². The van der Waals surface area contributed by atoms with Gasteiger partial charge in [-0.15, -0.1) is 0 Å². The summed E-state index contributed by atoms with van der Waals surface area (Å²) in [6.45, 7) is 0.820. The van der Waals surface area contributed by atoms with Gasteiger partial charge in [0.25, 0.3) is 11.5 Å². The molecule has 0 spiro atoms. The number of sulfone groups is 1. The first kappa shape index (κ1) is 21.9. The molecule has 0 bridgehead atoms. The lowest BCUT2D eigenvalue weighted by molar-refractivity contribution is -0.128. The van der Waals surface area contributed by atoms with E-state index in [-0.39, 0.29) is 24.6 Å². The monoisotopic (exact) mass is 440 g/mol. The number of nitrogens with zero attached hydrogens (tertiary/aromatic N) is 1. The van der Waals surface area contributed by atoms with Crippen LogP contribution in [0.15, 0.2) is 41.3 Å². The Bertz CT molecular complexity index is 1080. The van der Waals surface area contributed by atoms with Gasteiger partial charge in [-0.05, 0) is 24.1 Å². The molecule has 30 heavy (non-hydrogen) atoms. The van der Waals surface area contributed by atoms with Crippen LogP contribution in [0.1, 0.15) is 6.42 Å². The van der Waals surface area contributed by atoms with Gasteiger partial charge in [-0.3, -0.25) is 14.8 Å². The van der Waals surface area contributed by atoms with Crippen LogP contribution in [0.3, 0.4) is 0 Å². The molecule has 3 rings (SSSR count). The molecule has 0 saturated carbocycles. The molecule has 2 N–H and O–H groups in total. The van der Waals surface area contributed by atoms with Crippen LogP contribution >= 0.6 is 0 Å². The number of carbonyl (C=O) groups excluding carboxylic acids is 1. The number of hydrogen-bond acceptors (Lipinski definition) is 7. The third-order valence-electron chi connectivity index (χ3n) is 4.70. The number of aryl methyl sites for hydroxylation is 1. The van der Waals surface area contributed by atoms with E-state index in [2.05, 4.69) is 0 Å². The summed E-state index contributed by atoms with van der Waals surface area (Å²) in [6, 6.07) is 7.70. The largest absolute Gasteiger partial charge is 0.486 e. The second kappa shape index (κ2) is 8.94. The second-order valence-electron chi connectivity index (χ2n) is 6.95.